The molecular formula is C13H18N2OS. The summed E-state index contributed by atoms with van der Waals surface area (Å²) in [5.41, 5.74) is -0.664. The Hall–Kier alpha value is -0.870. The molecular weight excluding hydrogens is 232 g/mol. The highest BCUT2D eigenvalue weighted by Crippen LogP contribution is 2.41. The molecule has 4 heteroatoms. The minimum atomic E-state index is -0.664. The van der Waals surface area contributed by atoms with Crippen molar-refractivity contribution in [3.8, 4) is 0 Å². The second-order valence-corrected chi connectivity index (χ2v) is 5.87. The van der Waals surface area contributed by atoms with Gasteiger partial charge < -0.3 is 10.0 Å². The van der Waals surface area contributed by atoms with Gasteiger partial charge in [0.2, 0.25) is 0 Å². The van der Waals surface area contributed by atoms with E-state index in [-0.39, 0.29) is 6.04 Å². The summed E-state index contributed by atoms with van der Waals surface area (Å²) in [6, 6.07) is 4.30. The molecule has 0 radical (unpaired) electrons. The normalized spacial score (nSPS) is 33.2. The molecule has 0 aromatic carbocycles. The average molecular weight is 250 g/mol. The fraction of sp³-hybridized carbons (Fsp3) is 0.615. The lowest BCUT2D eigenvalue weighted by atomic mass is 9.78. The summed E-state index contributed by atoms with van der Waals surface area (Å²) >= 11 is 1.67. The lowest BCUT2D eigenvalue weighted by molar-refractivity contribution is -0.0547. The van der Waals surface area contributed by atoms with Crippen LogP contribution in [0.3, 0.4) is 0 Å². The van der Waals surface area contributed by atoms with Crippen molar-refractivity contribution in [2.45, 2.75) is 37.3 Å². The van der Waals surface area contributed by atoms with E-state index in [1.54, 1.807) is 11.3 Å². The first kappa shape index (κ1) is 11.2. The standard InChI is InChI=1S/C13H18N2OS/c16-13(12-5-3-9-17-12)6-2-1-4-11(13)15-8-7-14-10-15/h3,5,9-11,16H,1-2,4,6-8H2. The Labute approximate surface area is 106 Å². The molecule has 1 aromatic heterocycles. The van der Waals surface area contributed by atoms with Crippen LogP contribution in [0.2, 0.25) is 0 Å². The topological polar surface area (TPSA) is 35.8 Å². The third-order valence-electron chi connectivity index (χ3n) is 3.90. The lowest BCUT2D eigenvalue weighted by Gasteiger charge is -2.43. The zero-order chi connectivity index (χ0) is 11.7. The van der Waals surface area contributed by atoms with E-state index in [1.807, 2.05) is 12.4 Å². The number of nitrogens with zero attached hydrogens (tertiary/aromatic N) is 2. The van der Waals surface area contributed by atoms with Crippen molar-refractivity contribution in [3.05, 3.63) is 22.4 Å². The number of rotatable bonds is 2. The molecule has 1 aromatic rings. The Balaban J connectivity index is 1.91. The van der Waals surface area contributed by atoms with Gasteiger partial charge in [0.15, 0.2) is 0 Å². The molecule has 1 aliphatic carbocycles. The molecule has 0 saturated heterocycles. The molecule has 92 valence electrons. The second kappa shape index (κ2) is 4.42. The van der Waals surface area contributed by atoms with E-state index in [0.29, 0.717) is 0 Å². The molecule has 1 aliphatic heterocycles. The van der Waals surface area contributed by atoms with Crippen LogP contribution in [0.1, 0.15) is 30.6 Å². The van der Waals surface area contributed by atoms with Crippen molar-refractivity contribution in [2.75, 3.05) is 13.1 Å². The highest BCUT2D eigenvalue weighted by Gasteiger charge is 2.44. The first-order chi connectivity index (χ1) is 8.31. The van der Waals surface area contributed by atoms with E-state index in [4.69, 9.17) is 0 Å². The lowest BCUT2D eigenvalue weighted by Crippen LogP contribution is -2.51. The van der Waals surface area contributed by atoms with Gasteiger partial charge in [0, 0.05) is 11.4 Å². The zero-order valence-electron chi connectivity index (χ0n) is 9.88. The van der Waals surface area contributed by atoms with E-state index in [1.165, 1.54) is 6.42 Å². The summed E-state index contributed by atoms with van der Waals surface area (Å²) in [7, 11) is 0. The monoisotopic (exact) mass is 250 g/mol. The Morgan fingerprint density at radius 1 is 1.47 bits per heavy atom. The van der Waals surface area contributed by atoms with E-state index in [9.17, 15) is 5.11 Å². The summed E-state index contributed by atoms with van der Waals surface area (Å²) in [4.78, 5) is 7.63. The third kappa shape index (κ3) is 1.89. The smallest absolute Gasteiger partial charge is 0.119 e. The molecule has 2 unspecified atom stereocenters. The first-order valence-corrected chi connectivity index (χ1v) is 7.21. The SMILES string of the molecule is OC1(c2cccs2)CCCCC1N1C=NCC1. The number of aliphatic hydroxyl groups is 1. The molecule has 17 heavy (non-hydrogen) atoms. The summed E-state index contributed by atoms with van der Waals surface area (Å²) in [5, 5.41) is 13.1. The third-order valence-corrected chi connectivity index (χ3v) is 4.94. The van der Waals surface area contributed by atoms with Crippen molar-refractivity contribution in [2.24, 2.45) is 4.99 Å². The van der Waals surface area contributed by atoms with Gasteiger partial charge in [0.25, 0.3) is 0 Å². The van der Waals surface area contributed by atoms with Gasteiger partial charge in [0.1, 0.15) is 5.60 Å². The highest BCUT2D eigenvalue weighted by molar-refractivity contribution is 7.10. The molecule has 3 nitrogen and oxygen atoms in total. The fourth-order valence-corrected chi connectivity index (χ4v) is 3.92. The van der Waals surface area contributed by atoms with Gasteiger partial charge in [-0.05, 0) is 24.3 Å². The molecule has 0 bridgehead atoms. The summed E-state index contributed by atoms with van der Waals surface area (Å²) < 4.78 is 0. The van der Waals surface area contributed by atoms with E-state index < -0.39 is 5.60 Å². The Bertz CT molecular complexity index is 404. The van der Waals surface area contributed by atoms with Gasteiger partial charge in [-0.15, -0.1) is 11.3 Å². The predicted molar refractivity (Wildman–Crippen MR) is 70.5 cm³/mol. The highest BCUT2D eigenvalue weighted by atomic mass is 32.1. The Kier molecular flexibility index (Phi) is 2.92. The minimum absolute atomic E-state index is 0.209. The molecule has 2 atom stereocenters. The van der Waals surface area contributed by atoms with Gasteiger partial charge in [-0.1, -0.05) is 18.9 Å². The number of hydrogen-bond donors (Lipinski definition) is 1. The zero-order valence-corrected chi connectivity index (χ0v) is 10.7. The van der Waals surface area contributed by atoms with Crippen LogP contribution < -0.4 is 0 Å². The van der Waals surface area contributed by atoms with Gasteiger partial charge in [-0.3, -0.25) is 4.99 Å². The molecule has 0 spiro atoms. The van der Waals surface area contributed by atoms with Crippen LogP contribution in [-0.4, -0.2) is 35.5 Å². The second-order valence-electron chi connectivity index (χ2n) is 4.92. The van der Waals surface area contributed by atoms with Crippen molar-refractivity contribution in [1.29, 1.82) is 0 Å². The van der Waals surface area contributed by atoms with Gasteiger partial charge in [-0.2, -0.15) is 0 Å². The number of thiophene rings is 1. The van der Waals surface area contributed by atoms with Crippen molar-refractivity contribution in [1.82, 2.24) is 4.90 Å². The van der Waals surface area contributed by atoms with Crippen LogP contribution in [0.4, 0.5) is 0 Å². The van der Waals surface area contributed by atoms with Crippen LogP contribution in [0.25, 0.3) is 0 Å². The summed E-state index contributed by atoms with van der Waals surface area (Å²) in [5.74, 6) is 0. The van der Waals surface area contributed by atoms with Crippen LogP contribution in [-0.2, 0) is 5.60 Å². The summed E-state index contributed by atoms with van der Waals surface area (Å²) in [6.45, 7) is 1.83. The van der Waals surface area contributed by atoms with Crippen LogP contribution in [0.5, 0.6) is 0 Å². The Morgan fingerprint density at radius 3 is 3.12 bits per heavy atom. The molecule has 2 heterocycles. The fourth-order valence-electron chi connectivity index (χ4n) is 3.02. The quantitative estimate of drug-likeness (QED) is 0.873. The van der Waals surface area contributed by atoms with Gasteiger partial charge in [-0.25, -0.2) is 0 Å². The molecule has 2 aliphatic rings. The van der Waals surface area contributed by atoms with E-state index in [0.717, 1.165) is 37.2 Å². The molecule has 3 rings (SSSR count). The maximum Gasteiger partial charge on any atom is 0.119 e. The van der Waals surface area contributed by atoms with Crippen molar-refractivity contribution in [3.63, 3.8) is 0 Å². The number of hydrogen-bond acceptors (Lipinski definition) is 4. The van der Waals surface area contributed by atoms with Crippen LogP contribution in [0.15, 0.2) is 22.5 Å². The first-order valence-electron chi connectivity index (χ1n) is 6.33. The largest absolute Gasteiger partial charge is 0.382 e. The molecule has 1 fully saturated rings. The Morgan fingerprint density at radius 2 is 2.41 bits per heavy atom. The average Bonchev–Trinajstić information content (AvgIpc) is 3.03. The predicted octanol–water partition coefficient (Wildman–Crippen LogP) is 2.22. The van der Waals surface area contributed by atoms with E-state index in [2.05, 4.69) is 21.3 Å². The molecule has 1 N–H and O–H groups in total. The summed E-state index contributed by atoms with van der Waals surface area (Å²) in [6.07, 6.45) is 6.20. The molecule has 1 saturated carbocycles. The molecule has 0 amide bonds. The maximum absolute atomic E-state index is 11.1. The maximum atomic E-state index is 11.1. The van der Waals surface area contributed by atoms with Gasteiger partial charge >= 0.3 is 0 Å². The van der Waals surface area contributed by atoms with Crippen molar-refractivity contribution < 1.29 is 5.11 Å². The van der Waals surface area contributed by atoms with E-state index >= 15 is 0 Å². The van der Waals surface area contributed by atoms with Crippen LogP contribution in [0, 0.1) is 0 Å². The minimum Gasteiger partial charge on any atom is -0.382 e. The van der Waals surface area contributed by atoms with Crippen molar-refractivity contribution >= 4 is 17.7 Å². The van der Waals surface area contributed by atoms with Gasteiger partial charge in [0.05, 0.1) is 18.9 Å². The van der Waals surface area contributed by atoms with Crippen LogP contribution >= 0.6 is 11.3 Å². The number of aliphatic imine (C=N–C) groups is 1.